The molecule has 0 amide bonds. The Morgan fingerprint density at radius 3 is 2.79 bits per heavy atom. The Kier molecular flexibility index (Phi) is 3.84. The zero-order valence-corrected chi connectivity index (χ0v) is 12.2. The van der Waals surface area contributed by atoms with Gasteiger partial charge in [0.2, 0.25) is 0 Å². The lowest BCUT2D eigenvalue weighted by Gasteiger charge is -2.05. The largest absolute Gasteiger partial charge is 0.462 e. The van der Waals surface area contributed by atoms with Gasteiger partial charge in [0.15, 0.2) is 0 Å². The SMILES string of the molecule is CCOC(=O)c1c(C)nsc1Nc1cn(C)nc1C. The van der Waals surface area contributed by atoms with E-state index in [2.05, 4.69) is 14.8 Å². The van der Waals surface area contributed by atoms with Crippen LogP contribution in [-0.4, -0.2) is 26.7 Å². The topological polar surface area (TPSA) is 69.0 Å². The molecule has 0 unspecified atom stereocenters. The molecule has 0 atom stereocenters. The average Bonchev–Trinajstić information content (AvgIpc) is 2.84. The molecule has 0 radical (unpaired) electrons. The molecule has 0 aliphatic rings. The van der Waals surface area contributed by atoms with E-state index in [1.54, 1.807) is 18.5 Å². The van der Waals surface area contributed by atoms with Gasteiger partial charge in [-0.3, -0.25) is 4.68 Å². The fourth-order valence-electron chi connectivity index (χ4n) is 1.74. The van der Waals surface area contributed by atoms with E-state index in [4.69, 9.17) is 4.74 Å². The minimum Gasteiger partial charge on any atom is -0.462 e. The molecule has 1 N–H and O–H groups in total. The minimum atomic E-state index is -0.349. The Morgan fingerprint density at radius 1 is 1.47 bits per heavy atom. The molecule has 2 aromatic heterocycles. The van der Waals surface area contributed by atoms with Crippen LogP contribution in [0.15, 0.2) is 6.20 Å². The molecular formula is C12H16N4O2S. The first-order chi connectivity index (χ1) is 9.02. The van der Waals surface area contributed by atoms with Crippen LogP contribution in [0.5, 0.6) is 0 Å². The molecule has 102 valence electrons. The van der Waals surface area contributed by atoms with Crippen molar-refractivity contribution in [2.24, 2.45) is 7.05 Å². The van der Waals surface area contributed by atoms with Crippen molar-refractivity contribution >= 4 is 28.2 Å². The van der Waals surface area contributed by atoms with Crippen molar-refractivity contribution < 1.29 is 9.53 Å². The first-order valence-corrected chi connectivity index (χ1v) is 6.71. The first-order valence-electron chi connectivity index (χ1n) is 5.93. The standard InChI is InChI=1S/C12H16N4O2S/c1-5-18-12(17)10-8(3)15-19-11(10)13-9-6-16(4)14-7(9)2/h6,13H,5H2,1-4H3. The smallest absolute Gasteiger partial charge is 0.343 e. The average molecular weight is 280 g/mol. The zero-order chi connectivity index (χ0) is 14.0. The van der Waals surface area contributed by atoms with Crippen molar-refractivity contribution in [2.45, 2.75) is 20.8 Å². The molecule has 2 heterocycles. The van der Waals surface area contributed by atoms with Crippen LogP contribution >= 0.6 is 11.5 Å². The normalized spacial score (nSPS) is 10.5. The van der Waals surface area contributed by atoms with E-state index >= 15 is 0 Å². The Bertz CT molecular complexity index is 603. The number of carbonyl (C=O) groups excluding carboxylic acids is 1. The number of anilines is 2. The Balaban J connectivity index is 2.31. The molecule has 0 aromatic carbocycles. The highest BCUT2D eigenvalue weighted by Gasteiger charge is 2.20. The van der Waals surface area contributed by atoms with Gasteiger partial charge >= 0.3 is 5.97 Å². The second kappa shape index (κ2) is 5.40. The van der Waals surface area contributed by atoms with Crippen molar-refractivity contribution in [1.82, 2.24) is 14.2 Å². The summed E-state index contributed by atoms with van der Waals surface area (Å²) >= 11 is 1.24. The van der Waals surface area contributed by atoms with E-state index < -0.39 is 0 Å². The fourth-order valence-corrected chi connectivity index (χ4v) is 2.54. The number of esters is 1. The lowest BCUT2D eigenvalue weighted by atomic mass is 10.2. The molecule has 0 saturated carbocycles. The third kappa shape index (κ3) is 2.76. The second-order valence-corrected chi connectivity index (χ2v) is 4.89. The van der Waals surface area contributed by atoms with E-state index in [0.717, 1.165) is 11.4 Å². The lowest BCUT2D eigenvalue weighted by Crippen LogP contribution is -2.07. The number of hydrogen-bond acceptors (Lipinski definition) is 6. The molecule has 2 aromatic rings. The van der Waals surface area contributed by atoms with E-state index in [9.17, 15) is 4.79 Å². The molecule has 0 bridgehead atoms. The zero-order valence-electron chi connectivity index (χ0n) is 11.4. The maximum absolute atomic E-state index is 11.9. The highest BCUT2D eigenvalue weighted by atomic mass is 32.1. The summed E-state index contributed by atoms with van der Waals surface area (Å²) in [6, 6.07) is 0. The molecule has 0 fully saturated rings. The van der Waals surface area contributed by atoms with Gasteiger partial charge in [0.05, 0.1) is 23.7 Å². The summed E-state index contributed by atoms with van der Waals surface area (Å²) in [4.78, 5) is 11.9. The van der Waals surface area contributed by atoms with E-state index in [-0.39, 0.29) is 5.97 Å². The number of carbonyl (C=O) groups is 1. The third-order valence-electron chi connectivity index (χ3n) is 2.60. The van der Waals surface area contributed by atoms with Crippen LogP contribution in [0, 0.1) is 13.8 Å². The Morgan fingerprint density at radius 2 is 2.21 bits per heavy atom. The summed E-state index contributed by atoms with van der Waals surface area (Å²) in [6.45, 7) is 5.83. The van der Waals surface area contributed by atoms with Crippen molar-refractivity contribution in [2.75, 3.05) is 11.9 Å². The minimum absolute atomic E-state index is 0.347. The maximum atomic E-state index is 11.9. The summed E-state index contributed by atoms with van der Waals surface area (Å²) in [5, 5.41) is 8.13. The summed E-state index contributed by atoms with van der Waals surface area (Å²) in [5.41, 5.74) is 2.89. The predicted molar refractivity (Wildman–Crippen MR) is 74.0 cm³/mol. The third-order valence-corrected chi connectivity index (χ3v) is 3.46. The number of rotatable bonds is 4. The van der Waals surface area contributed by atoms with Crippen molar-refractivity contribution in [3.05, 3.63) is 23.1 Å². The van der Waals surface area contributed by atoms with E-state index in [1.807, 2.05) is 20.2 Å². The van der Waals surface area contributed by atoms with Crippen molar-refractivity contribution in [3.63, 3.8) is 0 Å². The molecule has 0 spiro atoms. The molecule has 0 saturated heterocycles. The Hall–Kier alpha value is -1.89. The number of hydrogen-bond donors (Lipinski definition) is 1. The van der Waals surface area contributed by atoms with Gasteiger partial charge in [-0.15, -0.1) is 0 Å². The second-order valence-electron chi connectivity index (χ2n) is 4.12. The fraction of sp³-hybridized carbons (Fsp3) is 0.417. The van der Waals surface area contributed by atoms with Gasteiger partial charge in [-0.2, -0.15) is 9.47 Å². The van der Waals surface area contributed by atoms with Crippen molar-refractivity contribution in [1.29, 1.82) is 0 Å². The molecule has 19 heavy (non-hydrogen) atoms. The lowest BCUT2D eigenvalue weighted by molar-refractivity contribution is 0.0527. The molecule has 2 rings (SSSR count). The monoisotopic (exact) mass is 280 g/mol. The molecular weight excluding hydrogens is 264 g/mol. The van der Waals surface area contributed by atoms with Gasteiger partial charge < -0.3 is 10.1 Å². The van der Waals surface area contributed by atoms with E-state index in [1.165, 1.54) is 11.5 Å². The summed E-state index contributed by atoms with van der Waals surface area (Å²) in [7, 11) is 1.85. The van der Waals surface area contributed by atoms with Gasteiger partial charge in [0, 0.05) is 13.2 Å². The number of nitrogens with one attached hydrogen (secondary N) is 1. The summed E-state index contributed by atoms with van der Waals surface area (Å²) in [5.74, 6) is -0.349. The number of ether oxygens (including phenoxy) is 1. The van der Waals surface area contributed by atoms with E-state index in [0.29, 0.717) is 22.9 Å². The Labute approximate surface area is 115 Å². The van der Waals surface area contributed by atoms with Gasteiger partial charge in [-0.1, -0.05) is 0 Å². The summed E-state index contributed by atoms with van der Waals surface area (Å²) < 4.78 is 11.0. The summed E-state index contributed by atoms with van der Waals surface area (Å²) in [6.07, 6.45) is 1.86. The van der Waals surface area contributed by atoms with Gasteiger partial charge in [0.25, 0.3) is 0 Å². The first kappa shape index (κ1) is 13.5. The number of nitrogens with zero attached hydrogens (tertiary/aromatic N) is 3. The molecule has 0 aliphatic heterocycles. The number of aromatic nitrogens is 3. The van der Waals surface area contributed by atoms with Crippen LogP contribution in [0.3, 0.4) is 0 Å². The molecule has 7 heteroatoms. The van der Waals surface area contributed by atoms with Crippen LogP contribution in [0.1, 0.15) is 28.7 Å². The highest BCUT2D eigenvalue weighted by molar-refractivity contribution is 7.10. The quantitative estimate of drug-likeness (QED) is 0.871. The highest BCUT2D eigenvalue weighted by Crippen LogP contribution is 2.29. The van der Waals surface area contributed by atoms with Gasteiger partial charge in [-0.25, -0.2) is 4.79 Å². The van der Waals surface area contributed by atoms with Gasteiger partial charge in [-0.05, 0) is 32.3 Å². The molecule has 0 aliphatic carbocycles. The van der Waals surface area contributed by atoms with Crippen LogP contribution in [0.25, 0.3) is 0 Å². The van der Waals surface area contributed by atoms with Crippen LogP contribution in [0.4, 0.5) is 10.7 Å². The van der Waals surface area contributed by atoms with Crippen molar-refractivity contribution in [3.8, 4) is 0 Å². The van der Waals surface area contributed by atoms with Crippen LogP contribution < -0.4 is 5.32 Å². The number of aryl methyl sites for hydroxylation is 3. The predicted octanol–water partition coefficient (Wildman–Crippen LogP) is 2.41. The maximum Gasteiger partial charge on any atom is 0.343 e. The van der Waals surface area contributed by atoms with Crippen LogP contribution in [0.2, 0.25) is 0 Å². The van der Waals surface area contributed by atoms with Gasteiger partial charge in [0.1, 0.15) is 10.6 Å². The molecule has 6 nitrogen and oxygen atoms in total. The van der Waals surface area contributed by atoms with Crippen LogP contribution in [-0.2, 0) is 11.8 Å².